The van der Waals surface area contributed by atoms with Crippen molar-refractivity contribution in [2.75, 3.05) is 7.11 Å². The molecule has 1 unspecified atom stereocenters. The van der Waals surface area contributed by atoms with Crippen LogP contribution >= 0.6 is 0 Å². The highest BCUT2D eigenvalue weighted by Crippen LogP contribution is 2.15. The van der Waals surface area contributed by atoms with Gasteiger partial charge in [0.25, 0.3) is 0 Å². The summed E-state index contributed by atoms with van der Waals surface area (Å²) in [6.07, 6.45) is 2.75. The molecule has 0 saturated heterocycles. The SMILES string of the molecule is COc1ccc(CCC(C)CC#N)cc1. The first kappa shape index (κ1) is 11.6. The lowest BCUT2D eigenvalue weighted by Gasteiger charge is -2.07. The molecule has 15 heavy (non-hydrogen) atoms. The van der Waals surface area contributed by atoms with Crippen molar-refractivity contribution < 1.29 is 4.74 Å². The Morgan fingerprint density at radius 2 is 2.00 bits per heavy atom. The minimum Gasteiger partial charge on any atom is -0.497 e. The fourth-order valence-corrected chi connectivity index (χ4v) is 1.46. The molecule has 0 radical (unpaired) electrons. The van der Waals surface area contributed by atoms with Gasteiger partial charge in [-0.15, -0.1) is 0 Å². The Morgan fingerprint density at radius 3 is 2.53 bits per heavy atom. The van der Waals surface area contributed by atoms with E-state index in [1.54, 1.807) is 7.11 Å². The van der Waals surface area contributed by atoms with E-state index in [0.717, 1.165) is 18.6 Å². The van der Waals surface area contributed by atoms with Gasteiger partial charge < -0.3 is 4.74 Å². The summed E-state index contributed by atoms with van der Waals surface area (Å²) in [6, 6.07) is 10.3. The molecule has 0 heterocycles. The van der Waals surface area contributed by atoms with Crippen molar-refractivity contribution in [2.24, 2.45) is 5.92 Å². The minimum atomic E-state index is 0.483. The molecule has 0 aliphatic rings. The summed E-state index contributed by atoms with van der Waals surface area (Å²) in [6.45, 7) is 2.12. The summed E-state index contributed by atoms with van der Waals surface area (Å²) in [5.41, 5.74) is 1.31. The van der Waals surface area contributed by atoms with Crippen LogP contribution < -0.4 is 4.74 Å². The Morgan fingerprint density at radius 1 is 1.33 bits per heavy atom. The summed E-state index contributed by atoms with van der Waals surface area (Å²) in [7, 11) is 1.67. The van der Waals surface area contributed by atoms with Gasteiger partial charge in [0.05, 0.1) is 13.2 Å². The van der Waals surface area contributed by atoms with Crippen molar-refractivity contribution in [3.8, 4) is 11.8 Å². The molecule has 0 aromatic heterocycles. The molecule has 0 amide bonds. The number of nitrogens with zero attached hydrogens (tertiary/aromatic N) is 1. The molecular formula is C13H17NO. The molecule has 1 atom stereocenters. The highest BCUT2D eigenvalue weighted by molar-refractivity contribution is 5.27. The van der Waals surface area contributed by atoms with E-state index in [-0.39, 0.29) is 0 Å². The molecule has 0 bridgehead atoms. The zero-order valence-corrected chi connectivity index (χ0v) is 9.36. The third-order valence-corrected chi connectivity index (χ3v) is 2.52. The first-order chi connectivity index (χ1) is 7.26. The van der Waals surface area contributed by atoms with Crippen molar-refractivity contribution in [1.82, 2.24) is 0 Å². The second kappa shape index (κ2) is 6.08. The van der Waals surface area contributed by atoms with Gasteiger partial charge in [0.2, 0.25) is 0 Å². The topological polar surface area (TPSA) is 33.0 Å². The third kappa shape index (κ3) is 4.03. The summed E-state index contributed by atoms with van der Waals surface area (Å²) >= 11 is 0. The summed E-state index contributed by atoms with van der Waals surface area (Å²) < 4.78 is 5.09. The minimum absolute atomic E-state index is 0.483. The van der Waals surface area contributed by atoms with E-state index >= 15 is 0 Å². The highest BCUT2D eigenvalue weighted by atomic mass is 16.5. The van der Waals surface area contributed by atoms with Gasteiger partial charge in [0.15, 0.2) is 0 Å². The maximum Gasteiger partial charge on any atom is 0.118 e. The van der Waals surface area contributed by atoms with Gasteiger partial charge in [-0.05, 0) is 36.5 Å². The molecular weight excluding hydrogens is 186 g/mol. The zero-order valence-electron chi connectivity index (χ0n) is 9.36. The molecule has 0 N–H and O–H groups in total. The molecule has 0 spiro atoms. The van der Waals surface area contributed by atoms with Gasteiger partial charge in [0, 0.05) is 6.42 Å². The molecule has 2 heteroatoms. The summed E-state index contributed by atoms with van der Waals surface area (Å²) in [5.74, 6) is 1.38. The maximum absolute atomic E-state index is 8.54. The summed E-state index contributed by atoms with van der Waals surface area (Å²) in [5, 5.41) is 8.54. The second-order valence-electron chi connectivity index (χ2n) is 3.85. The Kier molecular flexibility index (Phi) is 4.70. The van der Waals surface area contributed by atoms with Gasteiger partial charge in [-0.2, -0.15) is 5.26 Å². The number of hydrogen-bond donors (Lipinski definition) is 0. The maximum atomic E-state index is 8.54. The average Bonchev–Trinajstić information content (AvgIpc) is 2.27. The van der Waals surface area contributed by atoms with Gasteiger partial charge in [0.1, 0.15) is 5.75 Å². The number of hydrogen-bond acceptors (Lipinski definition) is 2. The number of benzene rings is 1. The van der Waals surface area contributed by atoms with Gasteiger partial charge >= 0.3 is 0 Å². The van der Waals surface area contributed by atoms with E-state index in [4.69, 9.17) is 10.00 Å². The summed E-state index contributed by atoms with van der Waals surface area (Å²) in [4.78, 5) is 0. The number of nitriles is 1. The number of methoxy groups -OCH3 is 1. The average molecular weight is 203 g/mol. The second-order valence-corrected chi connectivity index (χ2v) is 3.85. The molecule has 0 fully saturated rings. The van der Waals surface area contributed by atoms with Crippen LogP contribution in [0, 0.1) is 17.2 Å². The predicted molar refractivity (Wildman–Crippen MR) is 60.7 cm³/mol. The highest BCUT2D eigenvalue weighted by Gasteiger charge is 2.02. The van der Waals surface area contributed by atoms with Crippen molar-refractivity contribution >= 4 is 0 Å². The number of rotatable bonds is 5. The van der Waals surface area contributed by atoms with Crippen LogP contribution in [0.1, 0.15) is 25.3 Å². The molecule has 2 nitrogen and oxygen atoms in total. The van der Waals surface area contributed by atoms with Crippen molar-refractivity contribution in [2.45, 2.75) is 26.2 Å². The van der Waals surface area contributed by atoms with Gasteiger partial charge in [-0.25, -0.2) is 0 Å². The lowest BCUT2D eigenvalue weighted by Crippen LogP contribution is -1.96. The monoisotopic (exact) mass is 203 g/mol. The van der Waals surface area contributed by atoms with E-state index in [1.165, 1.54) is 5.56 Å². The van der Waals surface area contributed by atoms with E-state index in [2.05, 4.69) is 25.1 Å². The zero-order chi connectivity index (χ0) is 11.1. The lowest BCUT2D eigenvalue weighted by atomic mass is 9.99. The van der Waals surface area contributed by atoms with Crippen molar-refractivity contribution in [1.29, 1.82) is 5.26 Å². The molecule has 1 aromatic carbocycles. The Labute approximate surface area is 91.5 Å². The van der Waals surface area contributed by atoms with Crippen LogP contribution in [0.2, 0.25) is 0 Å². The molecule has 0 aliphatic carbocycles. The fraction of sp³-hybridized carbons (Fsp3) is 0.462. The molecule has 80 valence electrons. The van der Waals surface area contributed by atoms with E-state index in [1.807, 2.05) is 12.1 Å². The smallest absolute Gasteiger partial charge is 0.118 e. The Bertz CT molecular complexity index is 323. The van der Waals surface area contributed by atoms with Gasteiger partial charge in [-0.3, -0.25) is 0 Å². The lowest BCUT2D eigenvalue weighted by molar-refractivity contribution is 0.414. The first-order valence-corrected chi connectivity index (χ1v) is 5.26. The molecule has 0 aliphatic heterocycles. The van der Waals surface area contributed by atoms with Crippen LogP contribution in [0.3, 0.4) is 0 Å². The first-order valence-electron chi connectivity index (χ1n) is 5.26. The Hall–Kier alpha value is -1.49. The number of aryl methyl sites for hydroxylation is 1. The fourth-order valence-electron chi connectivity index (χ4n) is 1.46. The Balaban J connectivity index is 2.41. The van der Waals surface area contributed by atoms with Crippen LogP contribution in [-0.2, 0) is 6.42 Å². The molecule has 0 saturated carbocycles. The standard InChI is InChI=1S/C13H17NO/c1-11(9-10-14)3-4-12-5-7-13(15-2)8-6-12/h5-8,11H,3-4,9H2,1-2H3. The van der Waals surface area contributed by atoms with Crippen LogP contribution in [0.15, 0.2) is 24.3 Å². The van der Waals surface area contributed by atoms with Crippen LogP contribution in [-0.4, -0.2) is 7.11 Å². The van der Waals surface area contributed by atoms with Crippen molar-refractivity contribution in [3.63, 3.8) is 0 Å². The molecule has 1 aromatic rings. The van der Waals surface area contributed by atoms with E-state index in [9.17, 15) is 0 Å². The van der Waals surface area contributed by atoms with E-state index < -0.39 is 0 Å². The number of ether oxygens (including phenoxy) is 1. The molecule has 1 rings (SSSR count). The van der Waals surface area contributed by atoms with Crippen LogP contribution in [0.5, 0.6) is 5.75 Å². The predicted octanol–water partition coefficient (Wildman–Crippen LogP) is 3.18. The van der Waals surface area contributed by atoms with E-state index in [0.29, 0.717) is 12.3 Å². The van der Waals surface area contributed by atoms with Crippen molar-refractivity contribution in [3.05, 3.63) is 29.8 Å². The van der Waals surface area contributed by atoms with Crippen LogP contribution in [0.25, 0.3) is 0 Å². The quantitative estimate of drug-likeness (QED) is 0.736. The van der Waals surface area contributed by atoms with Crippen LogP contribution in [0.4, 0.5) is 0 Å². The normalized spacial score (nSPS) is 11.8. The van der Waals surface area contributed by atoms with Gasteiger partial charge in [-0.1, -0.05) is 19.1 Å². The largest absolute Gasteiger partial charge is 0.497 e. The third-order valence-electron chi connectivity index (χ3n) is 2.52.